The van der Waals surface area contributed by atoms with Crippen LogP contribution in [-0.4, -0.2) is 17.3 Å². The van der Waals surface area contributed by atoms with E-state index in [9.17, 15) is 5.11 Å². The van der Waals surface area contributed by atoms with Gasteiger partial charge in [-0.25, -0.2) is 0 Å². The summed E-state index contributed by atoms with van der Waals surface area (Å²) in [4.78, 5) is 0. The fraction of sp³-hybridized carbons (Fsp3) is 0.500. The number of hydrogen-bond donors (Lipinski definition) is 2. The van der Waals surface area contributed by atoms with E-state index in [2.05, 4.69) is 25.2 Å². The molecule has 1 aromatic carbocycles. The van der Waals surface area contributed by atoms with Crippen molar-refractivity contribution in [3.05, 3.63) is 28.8 Å². The van der Waals surface area contributed by atoms with Crippen molar-refractivity contribution in [1.29, 1.82) is 5.26 Å². The maximum atomic E-state index is 10.2. The van der Waals surface area contributed by atoms with Gasteiger partial charge >= 0.3 is 0 Å². The van der Waals surface area contributed by atoms with Gasteiger partial charge in [-0.3, -0.25) is 0 Å². The summed E-state index contributed by atoms with van der Waals surface area (Å²) < 4.78 is 0. The first-order valence-electron chi connectivity index (χ1n) is 6.00. The van der Waals surface area contributed by atoms with Gasteiger partial charge in [0.25, 0.3) is 0 Å². The van der Waals surface area contributed by atoms with Crippen molar-refractivity contribution in [1.82, 2.24) is 0 Å². The first kappa shape index (κ1) is 14.8. The summed E-state index contributed by atoms with van der Waals surface area (Å²) >= 11 is 5.94. The highest BCUT2D eigenvalue weighted by Crippen LogP contribution is 2.24. The van der Waals surface area contributed by atoms with E-state index >= 15 is 0 Å². The maximum absolute atomic E-state index is 10.2. The normalized spacial score (nSPS) is 14.1. The molecule has 4 heteroatoms. The van der Waals surface area contributed by atoms with Crippen molar-refractivity contribution in [2.75, 3.05) is 11.9 Å². The Kier molecular flexibility index (Phi) is 5.01. The van der Waals surface area contributed by atoms with E-state index in [1.54, 1.807) is 25.1 Å². The molecule has 2 N–H and O–H groups in total. The number of aliphatic hydroxyl groups is 1. The molecule has 0 aliphatic rings. The van der Waals surface area contributed by atoms with Gasteiger partial charge in [0.2, 0.25) is 0 Å². The van der Waals surface area contributed by atoms with Crippen LogP contribution in [-0.2, 0) is 0 Å². The van der Waals surface area contributed by atoms with Crippen LogP contribution in [0, 0.1) is 17.2 Å². The molecule has 0 spiro atoms. The Morgan fingerprint density at radius 1 is 1.50 bits per heavy atom. The van der Waals surface area contributed by atoms with Crippen LogP contribution in [0.5, 0.6) is 0 Å². The van der Waals surface area contributed by atoms with Gasteiger partial charge in [-0.1, -0.05) is 31.5 Å². The van der Waals surface area contributed by atoms with Gasteiger partial charge in [-0.05, 0) is 31.4 Å². The SMILES string of the molecule is CC(C)CC(C)(O)CNc1cccc(Cl)c1C#N. The van der Waals surface area contributed by atoms with Crippen molar-refractivity contribution in [3.8, 4) is 6.07 Å². The van der Waals surface area contributed by atoms with Crippen LogP contribution in [0.15, 0.2) is 18.2 Å². The average Bonchev–Trinajstić information content (AvgIpc) is 2.24. The van der Waals surface area contributed by atoms with E-state index < -0.39 is 5.60 Å². The summed E-state index contributed by atoms with van der Waals surface area (Å²) in [5, 5.41) is 22.8. The Balaban J connectivity index is 2.75. The van der Waals surface area contributed by atoms with Crippen LogP contribution in [0.2, 0.25) is 5.02 Å². The highest BCUT2D eigenvalue weighted by Gasteiger charge is 2.22. The summed E-state index contributed by atoms with van der Waals surface area (Å²) in [6.07, 6.45) is 0.697. The zero-order valence-corrected chi connectivity index (χ0v) is 11.8. The lowest BCUT2D eigenvalue weighted by Crippen LogP contribution is -2.35. The summed E-state index contributed by atoms with van der Waals surface area (Å²) in [6.45, 7) is 6.31. The van der Waals surface area contributed by atoms with E-state index in [4.69, 9.17) is 16.9 Å². The third-order valence-electron chi connectivity index (χ3n) is 2.63. The number of nitrogens with zero attached hydrogens (tertiary/aromatic N) is 1. The third-order valence-corrected chi connectivity index (χ3v) is 2.95. The van der Waals surface area contributed by atoms with E-state index in [1.807, 2.05) is 0 Å². The predicted octanol–water partition coefficient (Wildman–Crippen LogP) is 3.42. The molecular formula is C14H19ClN2O. The van der Waals surface area contributed by atoms with Crippen LogP contribution in [0.3, 0.4) is 0 Å². The Morgan fingerprint density at radius 2 is 2.17 bits per heavy atom. The number of benzene rings is 1. The molecule has 0 fully saturated rings. The summed E-state index contributed by atoms with van der Waals surface area (Å²) in [5.74, 6) is 0.414. The predicted molar refractivity (Wildman–Crippen MR) is 74.7 cm³/mol. The number of rotatable bonds is 5. The molecule has 1 aromatic rings. The Morgan fingerprint density at radius 3 is 2.72 bits per heavy atom. The molecule has 0 amide bonds. The number of anilines is 1. The molecule has 18 heavy (non-hydrogen) atoms. The van der Waals surface area contributed by atoms with Crippen molar-refractivity contribution < 1.29 is 5.11 Å². The fourth-order valence-electron chi connectivity index (χ4n) is 2.02. The highest BCUT2D eigenvalue weighted by atomic mass is 35.5. The molecule has 0 bridgehead atoms. The monoisotopic (exact) mass is 266 g/mol. The standard InChI is InChI=1S/C14H19ClN2O/c1-10(2)7-14(3,18)9-17-13-6-4-5-12(15)11(13)8-16/h4-6,10,17-18H,7,9H2,1-3H3. The van der Waals surface area contributed by atoms with Gasteiger partial charge in [0.15, 0.2) is 0 Å². The molecule has 1 atom stereocenters. The Hall–Kier alpha value is -1.24. The van der Waals surface area contributed by atoms with Gasteiger partial charge in [-0.15, -0.1) is 0 Å². The Labute approximate surface area is 113 Å². The smallest absolute Gasteiger partial charge is 0.103 e. The minimum atomic E-state index is -0.802. The quantitative estimate of drug-likeness (QED) is 0.859. The van der Waals surface area contributed by atoms with Crippen LogP contribution in [0.4, 0.5) is 5.69 Å². The second kappa shape index (κ2) is 6.08. The fourth-order valence-corrected chi connectivity index (χ4v) is 2.24. The molecule has 0 heterocycles. The second-order valence-electron chi connectivity index (χ2n) is 5.22. The number of hydrogen-bond acceptors (Lipinski definition) is 3. The van der Waals surface area contributed by atoms with E-state index in [-0.39, 0.29) is 0 Å². The minimum absolute atomic E-state index is 0.389. The molecule has 0 saturated heterocycles. The molecule has 1 unspecified atom stereocenters. The van der Waals surface area contributed by atoms with E-state index in [0.717, 1.165) is 0 Å². The first-order valence-corrected chi connectivity index (χ1v) is 6.38. The lowest BCUT2D eigenvalue weighted by molar-refractivity contribution is 0.0515. The molecular weight excluding hydrogens is 248 g/mol. The van der Waals surface area contributed by atoms with Gasteiger partial charge < -0.3 is 10.4 Å². The van der Waals surface area contributed by atoms with Crippen molar-refractivity contribution in [2.24, 2.45) is 5.92 Å². The van der Waals surface area contributed by atoms with Crippen molar-refractivity contribution in [2.45, 2.75) is 32.8 Å². The molecule has 0 aliphatic heterocycles. The molecule has 0 radical (unpaired) electrons. The third kappa shape index (κ3) is 4.21. The van der Waals surface area contributed by atoms with E-state index in [0.29, 0.717) is 35.2 Å². The average molecular weight is 267 g/mol. The van der Waals surface area contributed by atoms with Gasteiger partial charge in [-0.2, -0.15) is 5.26 Å². The summed E-state index contributed by atoms with van der Waals surface area (Å²) in [5.41, 5.74) is 0.275. The second-order valence-corrected chi connectivity index (χ2v) is 5.63. The summed E-state index contributed by atoms with van der Waals surface area (Å²) in [6, 6.07) is 7.31. The molecule has 0 saturated carbocycles. The van der Waals surface area contributed by atoms with Gasteiger partial charge in [0.1, 0.15) is 6.07 Å². The zero-order valence-electron chi connectivity index (χ0n) is 11.0. The molecule has 0 aromatic heterocycles. The van der Waals surface area contributed by atoms with Crippen LogP contribution in [0.25, 0.3) is 0 Å². The number of nitrogens with one attached hydrogen (secondary N) is 1. The number of halogens is 1. The molecule has 0 aliphatic carbocycles. The minimum Gasteiger partial charge on any atom is -0.388 e. The summed E-state index contributed by atoms with van der Waals surface area (Å²) in [7, 11) is 0. The largest absolute Gasteiger partial charge is 0.388 e. The van der Waals surface area contributed by atoms with Crippen molar-refractivity contribution in [3.63, 3.8) is 0 Å². The van der Waals surface area contributed by atoms with Crippen LogP contribution < -0.4 is 5.32 Å². The lowest BCUT2D eigenvalue weighted by Gasteiger charge is -2.26. The van der Waals surface area contributed by atoms with Crippen LogP contribution in [0.1, 0.15) is 32.8 Å². The van der Waals surface area contributed by atoms with Gasteiger partial charge in [0, 0.05) is 6.54 Å². The lowest BCUT2D eigenvalue weighted by atomic mass is 9.94. The Bertz CT molecular complexity index is 450. The van der Waals surface area contributed by atoms with Crippen LogP contribution >= 0.6 is 11.6 Å². The molecule has 3 nitrogen and oxygen atoms in total. The van der Waals surface area contributed by atoms with Gasteiger partial charge in [0.05, 0.1) is 21.9 Å². The molecule has 1 rings (SSSR count). The molecule has 98 valence electrons. The highest BCUT2D eigenvalue weighted by molar-refractivity contribution is 6.32. The maximum Gasteiger partial charge on any atom is 0.103 e. The van der Waals surface area contributed by atoms with E-state index in [1.165, 1.54) is 0 Å². The zero-order chi connectivity index (χ0) is 13.8. The van der Waals surface area contributed by atoms with Crippen molar-refractivity contribution >= 4 is 17.3 Å². The number of nitriles is 1. The topological polar surface area (TPSA) is 56.0 Å². The first-order chi connectivity index (χ1) is 8.35.